The van der Waals surface area contributed by atoms with Gasteiger partial charge in [0.25, 0.3) is 0 Å². The molecule has 0 aromatic carbocycles. The van der Waals surface area contributed by atoms with E-state index < -0.39 is 11.7 Å². The van der Waals surface area contributed by atoms with E-state index in [1.54, 1.807) is 24.3 Å². The second kappa shape index (κ2) is 7.67. The Morgan fingerprint density at radius 3 is 2.43 bits per heavy atom. The molecule has 0 bridgehead atoms. The summed E-state index contributed by atoms with van der Waals surface area (Å²) in [4.78, 5) is 16.6. The molecule has 10 heteroatoms. The number of nitrogens with two attached hydrogens (primary N) is 1. The van der Waals surface area contributed by atoms with Crippen LogP contribution in [-0.4, -0.2) is 26.0 Å². The Labute approximate surface area is 159 Å². The van der Waals surface area contributed by atoms with Crippen LogP contribution < -0.4 is 16.4 Å². The Balaban J connectivity index is 1.99. The molecule has 0 unspecified atom stereocenters. The van der Waals surface area contributed by atoms with Gasteiger partial charge in [0.05, 0.1) is 17.4 Å². The zero-order valence-electron chi connectivity index (χ0n) is 15.1. The quantitative estimate of drug-likeness (QED) is 0.604. The summed E-state index contributed by atoms with van der Waals surface area (Å²) >= 11 is 0. The van der Waals surface area contributed by atoms with Gasteiger partial charge in [0, 0.05) is 18.3 Å². The summed E-state index contributed by atoms with van der Waals surface area (Å²) in [6.45, 7) is 3.87. The summed E-state index contributed by atoms with van der Waals surface area (Å²) in [6, 6.07) is 7.68. The second-order valence-corrected chi connectivity index (χ2v) is 6.29. The van der Waals surface area contributed by atoms with E-state index in [1.807, 2.05) is 13.8 Å². The van der Waals surface area contributed by atoms with E-state index >= 15 is 0 Å². The predicted molar refractivity (Wildman–Crippen MR) is 101 cm³/mol. The third kappa shape index (κ3) is 4.84. The van der Waals surface area contributed by atoms with Crippen LogP contribution in [-0.2, 0) is 6.18 Å². The highest BCUT2D eigenvalue weighted by molar-refractivity contribution is 5.64. The van der Waals surface area contributed by atoms with Crippen molar-refractivity contribution in [2.24, 2.45) is 0 Å². The highest BCUT2D eigenvalue weighted by atomic mass is 19.4. The summed E-state index contributed by atoms with van der Waals surface area (Å²) in [7, 11) is 0. The summed E-state index contributed by atoms with van der Waals surface area (Å²) in [5.41, 5.74) is 5.46. The zero-order valence-corrected chi connectivity index (χ0v) is 15.1. The standard InChI is InChI=1S/C18H18F3N7/c1-10(2)24-15-7-16(25-12-6-11(8-23-9-12)18(19,20)21)28-17(27-15)13-4-3-5-14(22)26-13/h3-10H,1-2H3,(H2,22,26)(H2,24,25,27,28). The van der Waals surface area contributed by atoms with Gasteiger partial charge in [-0.3, -0.25) is 4.98 Å². The molecule has 0 radical (unpaired) electrons. The fourth-order valence-electron chi connectivity index (χ4n) is 2.38. The van der Waals surface area contributed by atoms with Crippen molar-refractivity contribution >= 4 is 23.1 Å². The molecule has 3 aromatic heterocycles. The summed E-state index contributed by atoms with van der Waals surface area (Å²) in [5, 5.41) is 5.99. The molecule has 0 spiro atoms. The van der Waals surface area contributed by atoms with Gasteiger partial charge in [-0.1, -0.05) is 6.07 Å². The van der Waals surface area contributed by atoms with E-state index in [-0.39, 0.29) is 17.6 Å². The van der Waals surface area contributed by atoms with Crippen molar-refractivity contribution in [3.63, 3.8) is 0 Å². The predicted octanol–water partition coefficient (Wildman–Crippen LogP) is 4.10. The average molecular weight is 389 g/mol. The number of aromatic nitrogens is 4. The summed E-state index contributed by atoms with van der Waals surface area (Å²) in [6.07, 6.45) is -2.44. The Morgan fingerprint density at radius 1 is 1.00 bits per heavy atom. The zero-order chi connectivity index (χ0) is 20.3. The number of nitrogen functional groups attached to an aromatic ring is 1. The topological polar surface area (TPSA) is 102 Å². The highest BCUT2D eigenvalue weighted by Gasteiger charge is 2.31. The number of hydrogen-bond acceptors (Lipinski definition) is 7. The molecule has 0 aliphatic heterocycles. The largest absolute Gasteiger partial charge is 0.417 e. The first-order valence-corrected chi connectivity index (χ1v) is 8.38. The molecule has 3 aromatic rings. The number of nitrogens with one attached hydrogen (secondary N) is 2. The van der Waals surface area contributed by atoms with Crippen LogP contribution in [0.4, 0.5) is 36.3 Å². The van der Waals surface area contributed by atoms with Crippen LogP contribution in [0.3, 0.4) is 0 Å². The molecule has 4 N–H and O–H groups in total. The van der Waals surface area contributed by atoms with Gasteiger partial charge >= 0.3 is 6.18 Å². The molecule has 0 saturated heterocycles. The van der Waals surface area contributed by atoms with Gasteiger partial charge in [-0.2, -0.15) is 13.2 Å². The van der Waals surface area contributed by atoms with Crippen LogP contribution in [0.2, 0.25) is 0 Å². The van der Waals surface area contributed by atoms with Crippen molar-refractivity contribution < 1.29 is 13.2 Å². The lowest BCUT2D eigenvalue weighted by molar-refractivity contribution is -0.137. The molecule has 0 amide bonds. The lowest BCUT2D eigenvalue weighted by Crippen LogP contribution is -2.12. The van der Waals surface area contributed by atoms with Crippen molar-refractivity contribution in [3.05, 3.63) is 48.3 Å². The minimum atomic E-state index is -4.49. The van der Waals surface area contributed by atoms with E-state index in [2.05, 4.69) is 30.6 Å². The second-order valence-electron chi connectivity index (χ2n) is 6.29. The SMILES string of the molecule is CC(C)Nc1cc(Nc2cncc(C(F)(F)F)c2)nc(-c2cccc(N)n2)n1. The smallest absolute Gasteiger partial charge is 0.384 e. The maximum atomic E-state index is 12.9. The van der Waals surface area contributed by atoms with Crippen molar-refractivity contribution in [2.75, 3.05) is 16.4 Å². The van der Waals surface area contributed by atoms with E-state index in [9.17, 15) is 13.2 Å². The summed E-state index contributed by atoms with van der Waals surface area (Å²) in [5.74, 6) is 1.37. The molecular weight excluding hydrogens is 371 g/mol. The fourth-order valence-corrected chi connectivity index (χ4v) is 2.38. The number of anilines is 4. The molecule has 7 nitrogen and oxygen atoms in total. The van der Waals surface area contributed by atoms with Gasteiger partial charge in [0.1, 0.15) is 23.1 Å². The van der Waals surface area contributed by atoms with E-state index in [4.69, 9.17) is 5.73 Å². The maximum absolute atomic E-state index is 12.9. The number of rotatable bonds is 5. The highest BCUT2D eigenvalue weighted by Crippen LogP contribution is 2.31. The number of pyridine rings is 2. The number of hydrogen-bond donors (Lipinski definition) is 3. The Kier molecular flexibility index (Phi) is 5.30. The van der Waals surface area contributed by atoms with E-state index in [1.165, 1.54) is 6.20 Å². The monoisotopic (exact) mass is 389 g/mol. The van der Waals surface area contributed by atoms with E-state index in [0.717, 1.165) is 12.3 Å². The molecule has 0 aliphatic carbocycles. The fraction of sp³-hybridized carbons (Fsp3) is 0.222. The van der Waals surface area contributed by atoms with Crippen LogP contribution in [0.5, 0.6) is 0 Å². The molecule has 146 valence electrons. The molecule has 28 heavy (non-hydrogen) atoms. The maximum Gasteiger partial charge on any atom is 0.417 e. The molecule has 0 atom stereocenters. The van der Waals surface area contributed by atoms with E-state index in [0.29, 0.717) is 23.1 Å². The lowest BCUT2D eigenvalue weighted by atomic mass is 10.2. The van der Waals surface area contributed by atoms with Crippen molar-refractivity contribution in [1.29, 1.82) is 0 Å². The molecule has 3 heterocycles. The van der Waals surface area contributed by atoms with Crippen LogP contribution in [0.25, 0.3) is 11.5 Å². The summed E-state index contributed by atoms with van der Waals surface area (Å²) < 4.78 is 38.7. The van der Waals surface area contributed by atoms with Crippen molar-refractivity contribution in [1.82, 2.24) is 19.9 Å². The van der Waals surface area contributed by atoms with Crippen LogP contribution >= 0.6 is 0 Å². The molecule has 0 aliphatic rings. The minimum Gasteiger partial charge on any atom is -0.384 e. The number of halogens is 3. The third-order valence-electron chi connectivity index (χ3n) is 3.50. The number of alkyl halides is 3. The number of nitrogens with zero attached hydrogens (tertiary/aromatic N) is 4. The van der Waals surface area contributed by atoms with Gasteiger partial charge in [-0.05, 0) is 32.0 Å². The van der Waals surface area contributed by atoms with Crippen LogP contribution in [0.15, 0.2) is 42.7 Å². The molecule has 0 fully saturated rings. The minimum absolute atomic E-state index is 0.0830. The Bertz CT molecular complexity index is 973. The van der Waals surface area contributed by atoms with Crippen molar-refractivity contribution in [3.8, 4) is 11.5 Å². The lowest BCUT2D eigenvalue weighted by Gasteiger charge is -2.14. The van der Waals surface area contributed by atoms with Gasteiger partial charge in [0.15, 0.2) is 5.82 Å². The normalized spacial score (nSPS) is 11.5. The van der Waals surface area contributed by atoms with Gasteiger partial charge in [-0.25, -0.2) is 15.0 Å². The molecule has 0 saturated carbocycles. The average Bonchev–Trinajstić information content (AvgIpc) is 2.60. The first-order chi connectivity index (χ1) is 13.2. The third-order valence-corrected chi connectivity index (χ3v) is 3.50. The first-order valence-electron chi connectivity index (χ1n) is 8.38. The van der Waals surface area contributed by atoms with Crippen LogP contribution in [0, 0.1) is 0 Å². The van der Waals surface area contributed by atoms with Crippen molar-refractivity contribution in [2.45, 2.75) is 26.1 Å². The van der Waals surface area contributed by atoms with Gasteiger partial charge in [-0.15, -0.1) is 0 Å². The van der Waals surface area contributed by atoms with Crippen LogP contribution in [0.1, 0.15) is 19.4 Å². The first kappa shape index (κ1) is 19.3. The molecule has 3 rings (SSSR count). The Hall–Kier alpha value is -3.43. The molecular formula is C18H18F3N7. The van der Waals surface area contributed by atoms with Gasteiger partial charge in [0.2, 0.25) is 0 Å². The Morgan fingerprint density at radius 2 is 1.75 bits per heavy atom. The van der Waals surface area contributed by atoms with Gasteiger partial charge < -0.3 is 16.4 Å².